The van der Waals surface area contributed by atoms with Gasteiger partial charge in [0, 0.05) is 6.42 Å². The second-order valence-electron chi connectivity index (χ2n) is 12.5. The SMILES string of the molecule is CCCCC/C=C\C/C=C\CCCCCCCC(=O)NC(CS(=O)(=O)O)C(O)CCCCCCCCCCCCCCC. The Morgan fingerprint density at radius 1 is 0.628 bits per heavy atom. The Hall–Kier alpha value is -1.18. The molecule has 2 unspecified atom stereocenters. The zero-order valence-electron chi connectivity index (χ0n) is 28.1. The van der Waals surface area contributed by atoms with E-state index in [2.05, 4.69) is 43.5 Å². The predicted octanol–water partition coefficient (Wildman–Crippen LogP) is 10.0. The van der Waals surface area contributed by atoms with Gasteiger partial charge in [-0.3, -0.25) is 9.35 Å². The molecule has 0 saturated carbocycles. The van der Waals surface area contributed by atoms with Gasteiger partial charge >= 0.3 is 0 Å². The zero-order valence-corrected chi connectivity index (χ0v) is 28.9. The van der Waals surface area contributed by atoms with Crippen LogP contribution in [0, 0.1) is 0 Å². The third kappa shape index (κ3) is 32.0. The Kier molecular flexibility index (Phi) is 30.0. The van der Waals surface area contributed by atoms with E-state index >= 15 is 0 Å². The number of hydrogen-bond acceptors (Lipinski definition) is 4. The van der Waals surface area contributed by atoms with Crippen LogP contribution < -0.4 is 5.32 Å². The lowest BCUT2D eigenvalue weighted by atomic mass is 10.0. The zero-order chi connectivity index (χ0) is 31.9. The van der Waals surface area contributed by atoms with Crippen molar-refractivity contribution in [2.45, 2.75) is 193 Å². The summed E-state index contributed by atoms with van der Waals surface area (Å²) >= 11 is 0. The molecule has 2 atom stereocenters. The van der Waals surface area contributed by atoms with Gasteiger partial charge in [-0.2, -0.15) is 8.42 Å². The van der Waals surface area contributed by atoms with E-state index in [1.807, 2.05) is 0 Å². The van der Waals surface area contributed by atoms with E-state index in [-0.39, 0.29) is 5.91 Å². The lowest BCUT2D eigenvalue weighted by Gasteiger charge is -2.23. The highest BCUT2D eigenvalue weighted by Gasteiger charge is 2.26. The quantitative estimate of drug-likeness (QED) is 0.0391. The average Bonchev–Trinajstić information content (AvgIpc) is 2.96. The molecule has 3 N–H and O–H groups in total. The summed E-state index contributed by atoms with van der Waals surface area (Å²) < 4.78 is 32.4. The third-order valence-electron chi connectivity index (χ3n) is 8.16. The molecule has 7 heteroatoms. The monoisotopic (exact) mass is 627 g/mol. The van der Waals surface area contributed by atoms with Crippen LogP contribution in [0.4, 0.5) is 0 Å². The maximum atomic E-state index is 12.5. The molecule has 1 amide bonds. The van der Waals surface area contributed by atoms with Crippen molar-refractivity contribution in [3.63, 3.8) is 0 Å². The van der Waals surface area contributed by atoms with Gasteiger partial charge in [0.25, 0.3) is 10.1 Å². The van der Waals surface area contributed by atoms with Gasteiger partial charge in [0.15, 0.2) is 0 Å². The molecule has 43 heavy (non-hydrogen) atoms. The van der Waals surface area contributed by atoms with E-state index in [4.69, 9.17) is 0 Å². The number of aliphatic hydroxyl groups excluding tert-OH is 1. The van der Waals surface area contributed by atoms with Crippen LogP contribution in [-0.2, 0) is 14.9 Å². The summed E-state index contributed by atoms with van der Waals surface area (Å²) in [7, 11) is -4.31. The lowest BCUT2D eigenvalue weighted by molar-refractivity contribution is -0.122. The number of nitrogens with one attached hydrogen (secondary N) is 1. The van der Waals surface area contributed by atoms with Crippen LogP contribution in [0.15, 0.2) is 24.3 Å². The molecule has 0 heterocycles. The third-order valence-corrected chi connectivity index (χ3v) is 8.94. The van der Waals surface area contributed by atoms with Crippen molar-refractivity contribution in [1.82, 2.24) is 5.32 Å². The van der Waals surface area contributed by atoms with Crippen molar-refractivity contribution in [3.05, 3.63) is 24.3 Å². The Balaban J connectivity index is 3.96. The average molecular weight is 628 g/mol. The second-order valence-corrected chi connectivity index (χ2v) is 14.0. The topological polar surface area (TPSA) is 104 Å². The first-order valence-electron chi connectivity index (χ1n) is 18.0. The van der Waals surface area contributed by atoms with Crippen molar-refractivity contribution in [1.29, 1.82) is 0 Å². The van der Waals surface area contributed by atoms with Crippen LogP contribution in [0.2, 0.25) is 0 Å². The predicted molar refractivity (Wildman–Crippen MR) is 184 cm³/mol. The van der Waals surface area contributed by atoms with Crippen LogP contribution in [0.25, 0.3) is 0 Å². The largest absolute Gasteiger partial charge is 0.391 e. The molecule has 254 valence electrons. The number of hydrogen-bond donors (Lipinski definition) is 3. The molecule has 0 fully saturated rings. The molecule has 0 bridgehead atoms. The molecule has 0 radical (unpaired) electrons. The summed E-state index contributed by atoms with van der Waals surface area (Å²) in [6.45, 7) is 4.47. The highest BCUT2D eigenvalue weighted by molar-refractivity contribution is 7.85. The first-order valence-corrected chi connectivity index (χ1v) is 19.6. The molecule has 0 aliphatic heterocycles. The van der Waals surface area contributed by atoms with E-state index in [0.29, 0.717) is 12.8 Å². The molecule has 0 aromatic rings. The Labute approximate surface area is 266 Å². The smallest absolute Gasteiger partial charge is 0.266 e. The molecule has 0 aromatic carbocycles. The van der Waals surface area contributed by atoms with Crippen LogP contribution in [0.3, 0.4) is 0 Å². The minimum atomic E-state index is -4.31. The van der Waals surface area contributed by atoms with Gasteiger partial charge in [-0.25, -0.2) is 0 Å². The highest BCUT2D eigenvalue weighted by Crippen LogP contribution is 2.15. The van der Waals surface area contributed by atoms with Crippen LogP contribution in [0.1, 0.15) is 181 Å². The van der Waals surface area contributed by atoms with E-state index in [0.717, 1.165) is 64.2 Å². The molecule has 0 aromatic heterocycles. The van der Waals surface area contributed by atoms with Crippen LogP contribution in [-0.4, -0.2) is 41.9 Å². The van der Waals surface area contributed by atoms with E-state index in [1.54, 1.807) is 0 Å². The molecule has 0 saturated heterocycles. The van der Waals surface area contributed by atoms with Gasteiger partial charge in [0.2, 0.25) is 5.91 Å². The van der Waals surface area contributed by atoms with Gasteiger partial charge < -0.3 is 10.4 Å². The summed E-state index contributed by atoms with van der Waals surface area (Å²) in [5.74, 6) is -0.913. The molecule has 6 nitrogen and oxygen atoms in total. The van der Waals surface area contributed by atoms with Crippen molar-refractivity contribution in [2.75, 3.05) is 5.75 Å². The fourth-order valence-corrected chi connectivity index (χ4v) is 6.18. The number of carbonyl (C=O) groups excluding carboxylic acids is 1. The second kappa shape index (κ2) is 30.8. The number of amides is 1. The number of unbranched alkanes of at least 4 members (excludes halogenated alkanes) is 20. The summed E-state index contributed by atoms with van der Waals surface area (Å²) in [5, 5.41) is 13.3. The fourth-order valence-electron chi connectivity index (χ4n) is 5.42. The minimum Gasteiger partial charge on any atom is -0.391 e. The minimum absolute atomic E-state index is 0.260. The van der Waals surface area contributed by atoms with Gasteiger partial charge in [-0.15, -0.1) is 0 Å². The van der Waals surface area contributed by atoms with E-state index in [1.165, 1.54) is 89.9 Å². The number of allylic oxidation sites excluding steroid dienone is 4. The summed E-state index contributed by atoms with van der Waals surface area (Å²) in [6.07, 6.45) is 36.9. The van der Waals surface area contributed by atoms with Gasteiger partial charge in [-0.05, 0) is 44.9 Å². The van der Waals surface area contributed by atoms with Gasteiger partial charge in [0.1, 0.15) is 0 Å². The molecule has 0 rings (SSSR count). The molecule has 0 aliphatic carbocycles. The standard InChI is InChI=1S/C36H69NO5S/c1-3-5-7-9-11-13-15-17-18-20-22-24-26-28-30-32-36(39)37-34(33-43(40,41)42)35(38)31-29-27-25-23-21-19-16-14-12-10-8-6-4-2/h11,13,17-18,34-35,38H,3-10,12,14-16,19-33H2,1-2H3,(H,37,39)(H,40,41,42)/b13-11-,18-17-. The molecular formula is C36H69NO5S. The summed E-state index contributed by atoms with van der Waals surface area (Å²) in [4.78, 5) is 12.5. The van der Waals surface area contributed by atoms with Crippen molar-refractivity contribution < 1.29 is 22.9 Å². The molecule has 0 spiro atoms. The highest BCUT2D eigenvalue weighted by atomic mass is 32.2. The van der Waals surface area contributed by atoms with Gasteiger partial charge in [0.05, 0.1) is 17.9 Å². The van der Waals surface area contributed by atoms with Crippen LogP contribution in [0.5, 0.6) is 0 Å². The van der Waals surface area contributed by atoms with E-state index in [9.17, 15) is 22.9 Å². The Morgan fingerprint density at radius 2 is 1.05 bits per heavy atom. The fraction of sp³-hybridized carbons (Fsp3) is 0.861. The van der Waals surface area contributed by atoms with Crippen molar-refractivity contribution in [2.24, 2.45) is 0 Å². The van der Waals surface area contributed by atoms with E-state index < -0.39 is 28.0 Å². The number of carbonyl (C=O) groups is 1. The lowest BCUT2D eigenvalue weighted by Crippen LogP contribution is -2.47. The number of rotatable bonds is 32. The van der Waals surface area contributed by atoms with Crippen molar-refractivity contribution in [3.8, 4) is 0 Å². The molecule has 0 aliphatic rings. The first-order chi connectivity index (χ1) is 20.8. The number of aliphatic hydroxyl groups is 1. The normalized spacial score (nSPS) is 13.7. The van der Waals surface area contributed by atoms with Crippen LogP contribution >= 0.6 is 0 Å². The molecular weight excluding hydrogens is 558 g/mol. The van der Waals surface area contributed by atoms with Gasteiger partial charge in [-0.1, -0.05) is 154 Å². The maximum absolute atomic E-state index is 12.5. The first kappa shape index (κ1) is 41.8. The Bertz CT molecular complexity index is 781. The van der Waals surface area contributed by atoms with Crippen molar-refractivity contribution >= 4 is 16.0 Å². The summed E-state index contributed by atoms with van der Waals surface area (Å²) in [5.41, 5.74) is 0. The maximum Gasteiger partial charge on any atom is 0.266 e. The summed E-state index contributed by atoms with van der Waals surface area (Å²) in [6, 6.07) is -0.974. The Morgan fingerprint density at radius 3 is 1.56 bits per heavy atom.